The van der Waals surface area contributed by atoms with Crippen LogP contribution in [0.2, 0.25) is 0 Å². The first-order chi connectivity index (χ1) is 10.2. The van der Waals surface area contributed by atoms with Crippen LogP contribution in [0.4, 0.5) is 0 Å². The average molecular weight is 356 g/mol. The Labute approximate surface area is 138 Å². The van der Waals surface area contributed by atoms with E-state index in [1.165, 1.54) is 57.8 Å². The van der Waals surface area contributed by atoms with Gasteiger partial charge in [0.1, 0.15) is 0 Å². The van der Waals surface area contributed by atoms with Crippen LogP contribution in [0.3, 0.4) is 0 Å². The molecular weight excluding hydrogens is 326 g/mol. The first kappa shape index (κ1) is 15.8. The highest BCUT2D eigenvalue weighted by atomic mass is 79.9. The smallest absolute Gasteiger partial charge is 0.223 e. The normalized spacial score (nSPS) is 40.9. The number of rotatable bonds is 2. The third-order valence-electron chi connectivity index (χ3n) is 6.17. The van der Waals surface area contributed by atoms with E-state index in [4.69, 9.17) is 0 Å². The minimum atomic E-state index is 0.298. The number of carbonyl (C=O) groups is 1. The maximum atomic E-state index is 12.7. The molecule has 0 aromatic heterocycles. The molecule has 5 atom stereocenters. The highest BCUT2D eigenvalue weighted by molar-refractivity contribution is 9.09. The zero-order valence-electron chi connectivity index (χ0n) is 13.2. The molecule has 0 aromatic carbocycles. The van der Waals surface area contributed by atoms with Gasteiger partial charge in [-0.3, -0.25) is 4.79 Å². The molecule has 0 bridgehead atoms. The lowest BCUT2D eigenvalue weighted by molar-refractivity contribution is -0.128. The lowest BCUT2D eigenvalue weighted by Gasteiger charge is -2.39. The Morgan fingerprint density at radius 3 is 2.38 bits per heavy atom. The molecule has 3 saturated carbocycles. The fraction of sp³-hybridized carbons (Fsp3) is 0.944. The standard InChI is InChI=1S/C18H30BrNO/c19-16-8-2-1-3-9-17(16)20-18(21)15-11-10-13-6-4-5-7-14(13)12-15/h13-17H,1-12H2,(H,20,21). The van der Waals surface area contributed by atoms with Crippen molar-refractivity contribution in [1.82, 2.24) is 5.32 Å². The number of hydrogen-bond acceptors (Lipinski definition) is 1. The van der Waals surface area contributed by atoms with Gasteiger partial charge >= 0.3 is 0 Å². The zero-order valence-corrected chi connectivity index (χ0v) is 14.7. The summed E-state index contributed by atoms with van der Waals surface area (Å²) in [6, 6.07) is 0.365. The molecule has 3 fully saturated rings. The fourth-order valence-corrected chi connectivity index (χ4v) is 5.56. The third-order valence-corrected chi connectivity index (χ3v) is 7.27. The van der Waals surface area contributed by atoms with Crippen molar-refractivity contribution in [2.45, 2.75) is 87.9 Å². The summed E-state index contributed by atoms with van der Waals surface area (Å²) < 4.78 is 0. The van der Waals surface area contributed by atoms with Gasteiger partial charge in [0.25, 0.3) is 0 Å². The molecule has 1 amide bonds. The quantitative estimate of drug-likeness (QED) is 0.559. The monoisotopic (exact) mass is 355 g/mol. The summed E-state index contributed by atoms with van der Waals surface area (Å²) in [6.07, 6.45) is 15.4. The molecule has 120 valence electrons. The number of alkyl halides is 1. The van der Waals surface area contributed by atoms with Crippen LogP contribution < -0.4 is 5.32 Å². The maximum absolute atomic E-state index is 12.7. The molecule has 21 heavy (non-hydrogen) atoms. The number of hydrogen-bond donors (Lipinski definition) is 1. The Balaban J connectivity index is 1.52. The first-order valence-corrected chi connectivity index (χ1v) is 10.1. The fourth-order valence-electron chi connectivity index (χ4n) is 4.84. The van der Waals surface area contributed by atoms with Crippen molar-refractivity contribution >= 4 is 21.8 Å². The van der Waals surface area contributed by atoms with Crippen molar-refractivity contribution in [3.8, 4) is 0 Å². The number of carbonyl (C=O) groups excluding carboxylic acids is 1. The van der Waals surface area contributed by atoms with E-state index in [1.807, 2.05) is 0 Å². The SMILES string of the molecule is O=C(NC1CCCCCC1Br)C1CCC2CCCCC2C1. The lowest BCUT2D eigenvalue weighted by Crippen LogP contribution is -2.45. The van der Waals surface area contributed by atoms with E-state index in [0.717, 1.165) is 31.1 Å². The van der Waals surface area contributed by atoms with E-state index >= 15 is 0 Å². The van der Waals surface area contributed by atoms with Crippen molar-refractivity contribution in [3.05, 3.63) is 0 Å². The maximum Gasteiger partial charge on any atom is 0.223 e. The van der Waals surface area contributed by atoms with Gasteiger partial charge in [0.15, 0.2) is 0 Å². The van der Waals surface area contributed by atoms with Gasteiger partial charge in [-0.2, -0.15) is 0 Å². The highest BCUT2D eigenvalue weighted by Crippen LogP contribution is 2.42. The molecule has 0 saturated heterocycles. The number of fused-ring (bicyclic) bond motifs is 1. The van der Waals surface area contributed by atoms with Crippen LogP contribution >= 0.6 is 15.9 Å². The number of halogens is 1. The predicted molar refractivity (Wildman–Crippen MR) is 90.5 cm³/mol. The van der Waals surface area contributed by atoms with E-state index < -0.39 is 0 Å². The lowest BCUT2D eigenvalue weighted by atomic mass is 9.67. The number of nitrogens with one attached hydrogen (secondary N) is 1. The van der Waals surface area contributed by atoms with Gasteiger partial charge in [-0.1, -0.05) is 60.9 Å². The van der Waals surface area contributed by atoms with E-state index in [9.17, 15) is 4.79 Å². The molecule has 0 aromatic rings. The van der Waals surface area contributed by atoms with Crippen molar-refractivity contribution < 1.29 is 4.79 Å². The second kappa shape index (κ2) is 7.48. The van der Waals surface area contributed by atoms with Crippen molar-refractivity contribution in [2.24, 2.45) is 17.8 Å². The van der Waals surface area contributed by atoms with Gasteiger partial charge < -0.3 is 5.32 Å². The molecule has 1 N–H and O–H groups in total. The summed E-state index contributed by atoms with van der Waals surface area (Å²) in [4.78, 5) is 13.1. The Morgan fingerprint density at radius 2 is 1.52 bits per heavy atom. The molecule has 0 heterocycles. The Bertz CT molecular complexity index is 359. The van der Waals surface area contributed by atoms with Gasteiger partial charge in [0.05, 0.1) is 0 Å². The molecule has 5 unspecified atom stereocenters. The summed E-state index contributed by atoms with van der Waals surface area (Å²) >= 11 is 3.80. The number of amides is 1. The van der Waals surface area contributed by atoms with Gasteiger partial charge in [0.2, 0.25) is 5.91 Å². The molecular formula is C18H30BrNO. The molecule has 3 heteroatoms. The van der Waals surface area contributed by atoms with Gasteiger partial charge in [0, 0.05) is 16.8 Å². The van der Waals surface area contributed by atoms with Crippen LogP contribution in [0.25, 0.3) is 0 Å². The third kappa shape index (κ3) is 4.03. The Kier molecular flexibility index (Phi) is 5.64. The molecule has 3 aliphatic rings. The van der Waals surface area contributed by atoms with Crippen LogP contribution in [0.15, 0.2) is 0 Å². The van der Waals surface area contributed by atoms with Crippen LogP contribution in [0.5, 0.6) is 0 Å². The van der Waals surface area contributed by atoms with Crippen molar-refractivity contribution in [2.75, 3.05) is 0 Å². The minimum Gasteiger partial charge on any atom is -0.352 e. The van der Waals surface area contributed by atoms with E-state index in [0.29, 0.717) is 22.7 Å². The minimum absolute atomic E-state index is 0.298. The van der Waals surface area contributed by atoms with Crippen LogP contribution in [0.1, 0.15) is 77.0 Å². The summed E-state index contributed by atoms with van der Waals surface area (Å²) in [5.74, 6) is 2.43. The molecule has 3 aliphatic carbocycles. The van der Waals surface area contributed by atoms with Gasteiger partial charge in [-0.05, 0) is 43.9 Å². The molecule has 0 spiro atoms. The summed E-state index contributed by atoms with van der Waals surface area (Å²) in [7, 11) is 0. The molecule has 0 aliphatic heterocycles. The molecule has 2 nitrogen and oxygen atoms in total. The van der Waals surface area contributed by atoms with Gasteiger partial charge in [-0.15, -0.1) is 0 Å². The summed E-state index contributed by atoms with van der Waals surface area (Å²) in [5.41, 5.74) is 0. The summed E-state index contributed by atoms with van der Waals surface area (Å²) in [6.45, 7) is 0. The van der Waals surface area contributed by atoms with Crippen LogP contribution in [0, 0.1) is 17.8 Å². The van der Waals surface area contributed by atoms with Crippen LogP contribution in [-0.4, -0.2) is 16.8 Å². The second-order valence-corrected chi connectivity index (χ2v) is 8.76. The van der Waals surface area contributed by atoms with E-state index in [1.54, 1.807) is 0 Å². The van der Waals surface area contributed by atoms with Crippen LogP contribution in [-0.2, 0) is 4.79 Å². The zero-order chi connectivity index (χ0) is 14.7. The van der Waals surface area contributed by atoms with Gasteiger partial charge in [-0.25, -0.2) is 0 Å². The highest BCUT2D eigenvalue weighted by Gasteiger charge is 2.36. The largest absolute Gasteiger partial charge is 0.352 e. The molecule has 3 rings (SSSR count). The topological polar surface area (TPSA) is 29.1 Å². The van der Waals surface area contributed by atoms with E-state index in [2.05, 4.69) is 21.2 Å². The van der Waals surface area contributed by atoms with E-state index in [-0.39, 0.29) is 0 Å². The van der Waals surface area contributed by atoms with Crippen molar-refractivity contribution in [1.29, 1.82) is 0 Å². The predicted octanol–water partition coefficient (Wildman–Crippen LogP) is 4.81. The average Bonchev–Trinajstić information content (AvgIpc) is 2.72. The van der Waals surface area contributed by atoms with Crippen molar-refractivity contribution in [3.63, 3.8) is 0 Å². The molecule has 0 radical (unpaired) electrons. The first-order valence-electron chi connectivity index (χ1n) is 9.18. The Hall–Kier alpha value is -0.0500. The second-order valence-electron chi connectivity index (χ2n) is 7.58. The Morgan fingerprint density at radius 1 is 0.810 bits per heavy atom. The summed E-state index contributed by atoms with van der Waals surface area (Å²) in [5, 5.41) is 3.39.